The molecule has 1 fully saturated rings. The standard InChI is InChI=1S/C12H16Cl2N4O2/c13-9-8-16-12(14)17-11(9)15-3-1-4-18-5-7-20-6-2-10(18)19/h8H,1-7H2,(H,15,16,17). The number of hydrogen-bond donors (Lipinski definition) is 1. The van der Waals surface area contributed by atoms with Gasteiger partial charge in [-0.25, -0.2) is 4.98 Å². The molecule has 0 saturated carbocycles. The van der Waals surface area contributed by atoms with Crippen LogP contribution in [-0.4, -0.2) is 53.6 Å². The molecule has 1 amide bonds. The Morgan fingerprint density at radius 2 is 2.25 bits per heavy atom. The van der Waals surface area contributed by atoms with Gasteiger partial charge in [0.2, 0.25) is 11.2 Å². The van der Waals surface area contributed by atoms with E-state index in [9.17, 15) is 4.79 Å². The minimum Gasteiger partial charge on any atom is -0.379 e. The molecule has 110 valence electrons. The van der Waals surface area contributed by atoms with Crippen molar-refractivity contribution < 1.29 is 9.53 Å². The third-order valence-electron chi connectivity index (χ3n) is 2.93. The van der Waals surface area contributed by atoms with Crippen molar-refractivity contribution in [1.82, 2.24) is 14.9 Å². The van der Waals surface area contributed by atoms with Crippen LogP contribution in [-0.2, 0) is 9.53 Å². The fourth-order valence-corrected chi connectivity index (χ4v) is 2.19. The molecule has 0 atom stereocenters. The van der Waals surface area contributed by atoms with Crippen molar-refractivity contribution in [2.75, 3.05) is 38.2 Å². The first-order valence-electron chi connectivity index (χ1n) is 6.44. The van der Waals surface area contributed by atoms with Crippen LogP contribution in [0.3, 0.4) is 0 Å². The van der Waals surface area contributed by atoms with E-state index in [1.807, 2.05) is 4.90 Å². The van der Waals surface area contributed by atoms with Crippen molar-refractivity contribution >= 4 is 34.9 Å². The number of hydrogen-bond acceptors (Lipinski definition) is 5. The highest BCUT2D eigenvalue weighted by atomic mass is 35.5. The Morgan fingerprint density at radius 1 is 1.40 bits per heavy atom. The van der Waals surface area contributed by atoms with Crippen molar-refractivity contribution in [2.45, 2.75) is 12.8 Å². The Hall–Kier alpha value is -1.11. The highest BCUT2D eigenvalue weighted by Gasteiger charge is 2.16. The second-order valence-electron chi connectivity index (χ2n) is 4.36. The van der Waals surface area contributed by atoms with E-state index >= 15 is 0 Å². The highest BCUT2D eigenvalue weighted by Crippen LogP contribution is 2.19. The number of carbonyl (C=O) groups is 1. The molecule has 1 saturated heterocycles. The number of carbonyl (C=O) groups excluding carboxylic acids is 1. The molecular weight excluding hydrogens is 303 g/mol. The van der Waals surface area contributed by atoms with Gasteiger partial charge in [0.25, 0.3) is 0 Å². The quantitative estimate of drug-likeness (QED) is 0.662. The number of rotatable bonds is 5. The average molecular weight is 319 g/mol. The molecular formula is C12H16Cl2N4O2. The van der Waals surface area contributed by atoms with Gasteiger partial charge in [0.15, 0.2) is 0 Å². The minimum absolute atomic E-state index is 0.144. The number of ether oxygens (including phenoxy) is 1. The lowest BCUT2D eigenvalue weighted by Gasteiger charge is -2.19. The first kappa shape index (κ1) is 15.3. The van der Waals surface area contributed by atoms with Gasteiger partial charge in [-0.2, -0.15) is 4.98 Å². The van der Waals surface area contributed by atoms with Crippen molar-refractivity contribution in [3.8, 4) is 0 Å². The molecule has 0 aliphatic carbocycles. The summed E-state index contributed by atoms with van der Waals surface area (Å²) in [6.45, 7) is 3.11. The van der Waals surface area contributed by atoms with Crippen LogP contribution in [0.5, 0.6) is 0 Å². The van der Waals surface area contributed by atoms with Crippen LogP contribution in [0.25, 0.3) is 0 Å². The molecule has 2 heterocycles. The van der Waals surface area contributed by atoms with Gasteiger partial charge in [-0.1, -0.05) is 11.6 Å². The van der Waals surface area contributed by atoms with E-state index in [4.69, 9.17) is 27.9 Å². The first-order valence-corrected chi connectivity index (χ1v) is 7.20. The summed E-state index contributed by atoms with van der Waals surface area (Å²) in [5.41, 5.74) is 0. The Balaban J connectivity index is 1.75. The molecule has 2 rings (SSSR count). The molecule has 1 aliphatic rings. The first-order chi connectivity index (χ1) is 9.66. The fraction of sp³-hybridized carbons (Fsp3) is 0.583. The molecule has 1 aliphatic heterocycles. The zero-order valence-electron chi connectivity index (χ0n) is 10.9. The molecule has 0 unspecified atom stereocenters. The molecule has 0 spiro atoms. The summed E-state index contributed by atoms with van der Waals surface area (Å²) in [6.07, 6.45) is 2.71. The molecule has 0 radical (unpaired) electrons. The van der Waals surface area contributed by atoms with E-state index in [-0.39, 0.29) is 11.2 Å². The van der Waals surface area contributed by atoms with E-state index < -0.39 is 0 Å². The van der Waals surface area contributed by atoms with Crippen LogP contribution < -0.4 is 5.32 Å². The van der Waals surface area contributed by atoms with Gasteiger partial charge < -0.3 is 15.0 Å². The van der Waals surface area contributed by atoms with E-state index in [2.05, 4.69) is 15.3 Å². The van der Waals surface area contributed by atoms with Gasteiger partial charge in [-0.3, -0.25) is 4.79 Å². The molecule has 20 heavy (non-hydrogen) atoms. The number of halogens is 2. The molecule has 1 aromatic heterocycles. The molecule has 8 heteroatoms. The molecule has 0 aromatic carbocycles. The molecule has 6 nitrogen and oxygen atoms in total. The summed E-state index contributed by atoms with van der Waals surface area (Å²) in [7, 11) is 0. The minimum atomic E-state index is 0.144. The number of nitrogens with one attached hydrogen (secondary N) is 1. The topological polar surface area (TPSA) is 67.3 Å². The monoisotopic (exact) mass is 318 g/mol. The number of nitrogens with zero attached hydrogens (tertiary/aromatic N) is 3. The van der Waals surface area contributed by atoms with Gasteiger partial charge >= 0.3 is 0 Å². The maximum atomic E-state index is 11.7. The number of amides is 1. The van der Waals surface area contributed by atoms with E-state index in [0.29, 0.717) is 50.1 Å². The summed E-state index contributed by atoms with van der Waals surface area (Å²) in [4.78, 5) is 21.3. The SMILES string of the molecule is O=C1CCOCCN1CCCNc1nc(Cl)ncc1Cl. The fourth-order valence-electron chi connectivity index (χ4n) is 1.90. The van der Waals surface area contributed by atoms with Gasteiger partial charge in [-0.05, 0) is 18.0 Å². The zero-order chi connectivity index (χ0) is 14.4. The maximum absolute atomic E-state index is 11.7. The highest BCUT2D eigenvalue weighted by molar-refractivity contribution is 6.33. The van der Waals surface area contributed by atoms with Crippen LogP contribution in [0.15, 0.2) is 6.20 Å². The average Bonchev–Trinajstić information content (AvgIpc) is 2.63. The van der Waals surface area contributed by atoms with Crippen molar-refractivity contribution in [2.24, 2.45) is 0 Å². The van der Waals surface area contributed by atoms with E-state index in [1.165, 1.54) is 6.20 Å². The molecule has 1 N–H and O–H groups in total. The van der Waals surface area contributed by atoms with E-state index in [1.54, 1.807) is 0 Å². The van der Waals surface area contributed by atoms with Crippen LogP contribution in [0.4, 0.5) is 5.82 Å². The zero-order valence-corrected chi connectivity index (χ0v) is 12.5. The van der Waals surface area contributed by atoms with Gasteiger partial charge in [0, 0.05) is 19.6 Å². The smallest absolute Gasteiger partial charge is 0.224 e. The van der Waals surface area contributed by atoms with Gasteiger partial charge in [-0.15, -0.1) is 0 Å². The summed E-state index contributed by atoms with van der Waals surface area (Å²) in [5, 5.41) is 3.66. The summed E-state index contributed by atoms with van der Waals surface area (Å²) in [5.74, 6) is 0.655. The maximum Gasteiger partial charge on any atom is 0.224 e. The Bertz CT molecular complexity index is 473. The number of anilines is 1. The van der Waals surface area contributed by atoms with Crippen LogP contribution in [0, 0.1) is 0 Å². The normalized spacial score (nSPS) is 16.1. The lowest BCUT2D eigenvalue weighted by atomic mass is 10.3. The van der Waals surface area contributed by atoms with Crippen LogP contribution >= 0.6 is 23.2 Å². The second-order valence-corrected chi connectivity index (χ2v) is 5.10. The summed E-state index contributed by atoms with van der Waals surface area (Å²) >= 11 is 11.6. The van der Waals surface area contributed by atoms with Gasteiger partial charge in [0.1, 0.15) is 10.8 Å². The number of aromatic nitrogens is 2. The lowest BCUT2D eigenvalue weighted by molar-refractivity contribution is -0.130. The predicted octanol–water partition coefficient (Wildman–Crippen LogP) is 1.83. The summed E-state index contributed by atoms with van der Waals surface area (Å²) in [6, 6.07) is 0. The van der Waals surface area contributed by atoms with E-state index in [0.717, 1.165) is 6.42 Å². The Labute approximate surface area is 127 Å². The Morgan fingerprint density at radius 3 is 3.10 bits per heavy atom. The predicted molar refractivity (Wildman–Crippen MR) is 77.2 cm³/mol. The lowest BCUT2D eigenvalue weighted by Crippen LogP contribution is -2.33. The van der Waals surface area contributed by atoms with Crippen molar-refractivity contribution in [1.29, 1.82) is 0 Å². The van der Waals surface area contributed by atoms with Crippen LogP contribution in [0.2, 0.25) is 10.3 Å². The van der Waals surface area contributed by atoms with Gasteiger partial charge in [0.05, 0.1) is 25.8 Å². The second kappa shape index (κ2) is 7.61. The third kappa shape index (κ3) is 4.47. The van der Waals surface area contributed by atoms with Crippen LogP contribution in [0.1, 0.15) is 12.8 Å². The van der Waals surface area contributed by atoms with Crippen molar-refractivity contribution in [3.63, 3.8) is 0 Å². The van der Waals surface area contributed by atoms with Crippen molar-refractivity contribution in [3.05, 3.63) is 16.5 Å². The largest absolute Gasteiger partial charge is 0.379 e. The third-order valence-corrected chi connectivity index (χ3v) is 3.39. The summed E-state index contributed by atoms with van der Waals surface area (Å²) < 4.78 is 5.27. The molecule has 0 bridgehead atoms. The Kier molecular flexibility index (Phi) is 5.82. The molecule has 1 aromatic rings.